The van der Waals surface area contributed by atoms with Crippen LogP contribution in [0.2, 0.25) is 0 Å². The Morgan fingerprint density at radius 3 is 2.52 bits per heavy atom. The molecule has 3 nitrogen and oxygen atoms in total. The highest BCUT2D eigenvalue weighted by atomic mass is 79.9. The molecule has 0 radical (unpaired) electrons. The first-order valence-electron chi connectivity index (χ1n) is 10.5. The predicted molar refractivity (Wildman–Crippen MR) is 133 cm³/mol. The van der Waals surface area contributed by atoms with Gasteiger partial charge in [-0.25, -0.2) is 4.98 Å². The molecule has 0 aliphatic carbocycles. The van der Waals surface area contributed by atoms with Gasteiger partial charge in [-0.05, 0) is 55.2 Å². The first-order chi connectivity index (χ1) is 15.0. The number of benzene rings is 3. The number of carbonyl (C=O) groups excluding carboxylic acids is 1. The summed E-state index contributed by atoms with van der Waals surface area (Å²) in [5.74, 6) is 0.234. The normalized spacial score (nSPS) is 12.0. The molecule has 4 rings (SSSR count). The number of rotatable bonds is 5. The Kier molecular flexibility index (Phi) is 6.19. The zero-order valence-electron chi connectivity index (χ0n) is 17.9. The second-order valence-electron chi connectivity index (χ2n) is 7.93. The summed E-state index contributed by atoms with van der Waals surface area (Å²) >= 11 is 3.53. The number of halogens is 1. The van der Waals surface area contributed by atoms with E-state index in [-0.39, 0.29) is 5.91 Å². The number of hydrogen-bond donors (Lipinski definition) is 1. The first-order valence-corrected chi connectivity index (χ1v) is 11.3. The summed E-state index contributed by atoms with van der Waals surface area (Å²) in [5.41, 5.74) is 6.38. The predicted octanol–water partition coefficient (Wildman–Crippen LogP) is 7.74. The Labute approximate surface area is 191 Å². The number of nitrogens with zero attached hydrogens (tertiary/aromatic N) is 1. The highest BCUT2D eigenvalue weighted by Crippen LogP contribution is 2.30. The van der Waals surface area contributed by atoms with E-state index in [1.54, 1.807) is 0 Å². The molecule has 0 fully saturated rings. The lowest BCUT2D eigenvalue weighted by molar-refractivity contribution is 0.102. The van der Waals surface area contributed by atoms with E-state index in [9.17, 15) is 4.79 Å². The Hall–Kier alpha value is -2.98. The molecule has 0 saturated carbocycles. The van der Waals surface area contributed by atoms with Crippen molar-refractivity contribution in [3.63, 3.8) is 0 Å². The van der Waals surface area contributed by atoms with Gasteiger partial charge in [0, 0.05) is 21.1 Å². The summed E-state index contributed by atoms with van der Waals surface area (Å²) < 4.78 is 0.916. The maximum atomic E-state index is 13.5. The van der Waals surface area contributed by atoms with E-state index in [0.29, 0.717) is 11.5 Å². The topological polar surface area (TPSA) is 42.0 Å². The van der Waals surface area contributed by atoms with Crippen LogP contribution in [0.3, 0.4) is 0 Å². The Morgan fingerprint density at radius 2 is 1.77 bits per heavy atom. The maximum absolute atomic E-state index is 13.5. The van der Waals surface area contributed by atoms with Gasteiger partial charge in [-0.15, -0.1) is 0 Å². The van der Waals surface area contributed by atoms with Crippen molar-refractivity contribution < 1.29 is 4.79 Å². The maximum Gasteiger partial charge on any atom is 0.256 e. The molecule has 3 aromatic carbocycles. The molecular weight excluding hydrogens is 448 g/mol. The highest BCUT2D eigenvalue weighted by Gasteiger charge is 2.17. The van der Waals surface area contributed by atoms with Gasteiger partial charge in [0.2, 0.25) is 0 Å². The van der Waals surface area contributed by atoms with Crippen molar-refractivity contribution >= 4 is 38.4 Å². The summed E-state index contributed by atoms with van der Waals surface area (Å²) in [4.78, 5) is 18.3. The smallest absolute Gasteiger partial charge is 0.256 e. The molecule has 0 spiro atoms. The lowest BCUT2D eigenvalue weighted by Crippen LogP contribution is -2.15. The number of anilines is 1. The van der Waals surface area contributed by atoms with E-state index in [4.69, 9.17) is 4.98 Å². The molecule has 4 aromatic rings. The van der Waals surface area contributed by atoms with Crippen molar-refractivity contribution in [3.8, 4) is 11.3 Å². The van der Waals surface area contributed by atoms with Gasteiger partial charge in [0.25, 0.3) is 5.91 Å². The number of nitrogens with one attached hydrogen (secondary N) is 1. The number of fused-ring (bicyclic) bond motifs is 1. The molecular formula is C27H25BrN2O. The quantitative estimate of drug-likeness (QED) is 0.322. The third kappa shape index (κ3) is 4.54. The van der Waals surface area contributed by atoms with Crippen molar-refractivity contribution in [2.45, 2.75) is 33.1 Å². The van der Waals surface area contributed by atoms with Gasteiger partial charge in [0.1, 0.15) is 0 Å². The molecule has 156 valence electrons. The Morgan fingerprint density at radius 1 is 1.03 bits per heavy atom. The molecule has 1 atom stereocenters. The van der Waals surface area contributed by atoms with Crippen LogP contribution < -0.4 is 5.32 Å². The number of aryl methyl sites for hydroxylation is 1. The minimum Gasteiger partial charge on any atom is -0.322 e. The summed E-state index contributed by atoms with van der Waals surface area (Å²) in [6, 6.07) is 24.0. The van der Waals surface area contributed by atoms with Gasteiger partial charge in [-0.2, -0.15) is 0 Å². The van der Waals surface area contributed by atoms with Crippen molar-refractivity contribution in [3.05, 3.63) is 94.0 Å². The standard InChI is InChI=1S/C27H25BrN2O/c1-4-18(3)21-7-5-6-8-24(21)30-27(31)23-16-26(19-11-9-17(2)10-12-19)29-25-14-13-20(28)15-22(23)25/h5-16,18H,4H2,1-3H3,(H,30,31)/t18-/m1/s1. The number of para-hydroxylation sites is 1. The van der Waals surface area contributed by atoms with E-state index in [1.165, 1.54) is 5.56 Å². The fourth-order valence-corrected chi connectivity index (χ4v) is 4.07. The van der Waals surface area contributed by atoms with Gasteiger partial charge in [0.05, 0.1) is 16.8 Å². The largest absolute Gasteiger partial charge is 0.322 e. The van der Waals surface area contributed by atoms with E-state index in [2.05, 4.69) is 60.2 Å². The van der Waals surface area contributed by atoms with Crippen LogP contribution in [0.1, 0.15) is 47.7 Å². The van der Waals surface area contributed by atoms with Gasteiger partial charge in [-0.1, -0.05) is 77.8 Å². The molecule has 1 aromatic heterocycles. The van der Waals surface area contributed by atoms with Gasteiger partial charge >= 0.3 is 0 Å². The zero-order chi connectivity index (χ0) is 22.0. The number of pyridine rings is 1. The molecule has 0 aliphatic heterocycles. The molecule has 1 N–H and O–H groups in total. The highest BCUT2D eigenvalue weighted by molar-refractivity contribution is 9.10. The average molecular weight is 473 g/mol. The van der Waals surface area contributed by atoms with Gasteiger partial charge in [0.15, 0.2) is 0 Å². The molecule has 1 amide bonds. The number of amides is 1. The van der Waals surface area contributed by atoms with Gasteiger partial charge < -0.3 is 5.32 Å². The molecule has 4 heteroatoms. The second-order valence-corrected chi connectivity index (χ2v) is 8.85. The number of hydrogen-bond acceptors (Lipinski definition) is 2. The van der Waals surface area contributed by atoms with Crippen LogP contribution in [0.5, 0.6) is 0 Å². The summed E-state index contributed by atoms with van der Waals surface area (Å²) in [6.45, 7) is 6.40. The van der Waals surface area contributed by atoms with E-state index in [1.807, 2.05) is 54.6 Å². The van der Waals surface area contributed by atoms with Crippen molar-refractivity contribution in [2.24, 2.45) is 0 Å². The molecule has 0 bridgehead atoms. The van der Waals surface area contributed by atoms with Gasteiger partial charge in [-0.3, -0.25) is 4.79 Å². The van der Waals surface area contributed by atoms with E-state index >= 15 is 0 Å². The van der Waals surface area contributed by atoms with E-state index < -0.39 is 0 Å². The molecule has 0 unspecified atom stereocenters. The average Bonchev–Trinajstić information content (AvgIpc) is 2.78. The Bertz CT molecular complexity index is 1250. The summed E-state index contributed by atoms with van der Waals surface area (Å²) in [7, 11) is 0. The van der Waals surface area contributed by atoms with E-state index in [0.717, 1.165) is 44.3 Å². The zero-order valence-corrected chi connectivity index (χ0v) is 19.5. The van der Waals surface area contributed by atoms with Crippen LogP contribution in [0.4, 0.5) is 5.69 Å². The first kappa shape index (κ1) is 21.3. The fraction of sp³-hybridized carbons (Fsp3) is 0.185. The van der Waals surface area contributed by atoms with Crippen molar-refractivity contribution in [1.29, 1.82) is 0 Å². The van der Waals surface area contributed by atoms with Crippen LogP contribution in [0.25, 0.3) is 22.2 Å². The lowest BCUT2D eigenvalue weighted by atomic mass is 9.96. The minimum atomic E-state index is -0.130. The van der Waals surface area contributed by atoms with Crippen LogP contribution in [0.15, 0.2) is 77.3 Å². The SMILES string of the molecule is CC[C@@H](C)c1ccccc1NC(=O)c1cc(-c2ccc(C)cc2)nc2ccc(Br)cc12. The minimum absolute atomic E-state index is 0.130. The summed E-state index contributed by atoms with van der Waals surface area (Å²) in [5, 5.41) is 3.98. The second kappa shape index (κ2) is 9.03. The monoisotopic (exact) mass is 472 g/mol. The van der Waals surface area contributed by atoms with Crippen molar-refractivity contribution in [2.75, 3.05) is 5.32 Å². The molecule has 0 saturated heterocycles. The lowest BCUT2D eigenvalue weighted by Gasteiger charge is -2.16. The van der Waals surface area contributed by atoms with Crippen LogP contribution >= 0.6 is 15.9 Å². The number of carbonyl (C=O) groups is 1. The number of aromatic nitrogens is 1. The third-order valence-corrected chi connectivity index (χ3v) is 6.21. The molecule has 0 aliphatic rings. The van der Waals surface area contributed by atoms with Crippen LogP contribution in [0, 0.1) is 6.92 Å². The summed E-state index contributed by atoms with van der Waals surface area (Å²) in [6.07, 6.45) is 1.01. The van der Waals surface area contributed by atoms with Crippen LogP contribution in [-0.4, -0.2) is 10.9 Å². The third-order valence-electron chi connectivity index (χ3n) is 5.71. The molecule has 31 heavy (non-hydrogen) atoms. The van der Waals surface area contributed by atoms with Crippen LogP contribution in [-0.2, 0) is 0 Å². The fourth-order valence-electron chi connectivity index (χ4n) is 3.71. The Balaban J connectivity index is 1.81. The van der Waals surface area contributed by atoms with Crippen molar-refractivity contribution in [1.82, 2.24) is 4.98 Å². The molecule has 1 heterocycles.